The van der Waals surface area contributed by atoms with E-state index in [1.54, 1.807) is 48.5 Å². The summed E-state index contributed by atoms with van der Waals surface area (Å²) in [5.41, 5.74) is 1.47. The zero-order chi connectivity index (χ0) is 22.9. The van der Waals surface area contributed by atoms with Gasteiger partial charge in [0.25, 0.3) is 5.91 Å². The van der Waals surface area contributed by atoms with Crippen LogP contribution < -0.4 is 15.4 Å². The van der Waals surface area contributed by atoms with E-state index in [0.29, 0.717) is 16.3 Å². The number of anilines is 1. The first-order chi connectivity index (χ1) is 15.3. The molecule has 0 radical (unpaired) electrons. The van der Waals surface area contributed by atoms with Crippen molar-refractivity contribution < 1.29 is 22.7 Å². The van der Waals surface area contributed by atoms with Gasteiger partial charge in [0.05, 0.1) is 19.3 Å². The molecule has 2 aromatic carbocycles. The minimum Gasteiger partial charge on any atom is -0.497 e. The molecule has 0 saturated heterocycles. The number of ether oxygens (including phenoxy) is 1. The molecule has 32 heavy (non-hydrogen) atoms. The Hall–Kier alpha value is -3.20. The van der Waals surface area contributed by atoms with Gasteiger partial charge in [0.2, 0.25) is 0 Å². The third-order valence-electron chi connectivity index (χ3n) is 5.35. The fourth-order valence-electron chi connectivity index (χ4n) is 3.69. The van der Waals surface area contributed by atoms with Crippen LogP contribution in [0.5, 0.6) is 5.75 Å². The van der Waals surface area contributed by atoms with Crippen molar-refractivity contribution in [3.05, 3.63) is 76.4 Å². The molecule has 1 aliphatic heterocycles. The van der Waals surface area contributed by atoms with Gasteiger partial charge < -0.3 is 15.4 Å². The molecule has 1 aromatic heterocycles. The maximum atomic E-state index is 13.8. The van der Waals surface area contributed by atoms with E-state index in [2.05, 4.69) is 15.7 Å². The largest absolute Gasteiger partial charge is 0.497 e. The van der Waals surface area contributed by atoms with E-state index in [0.717, 1.165) is 16.4 Å². The Morgan fingerprint density at radius 2 is 2.03 bits per heavy atom. The summed E-state index contributed by atoms with van der Waals surface area (Å²) in [6.45, 7) is 0.197. The van der Waals surface area contributed by atoms with Gasteiger partial charge in [0.1, 0.15) is 17.1 Å². The molecular formula is C22H20ClF3N4O2. The Balaban J connectivity index is 1.61. The summed E-state index contributed by atoms with van der Waals surface area (Å²) in [5, 5.41) is 10.2. The lowest BCUT2D eigenvalue weighted by Gasteiger charge is -2.34. The second kappa shape index (κ2) is 8.74. The van der Waals surface area contributed by atoms with Gasteiger partial charge in [-0.25, -0.2) is 4.68 Å². The summed E-state index contributed by atoms with van der Waals surface area (Å²) in [6.07, 6.45) is -3.64. The van der Waals surface area contributed by atoms with E-state index in [4.69, 9.17) is 16.3 Å². The summed E-state index contributed by atoms with van der Waals surface area (Å²) >= 11 is 5.86. The number of rotatable bonds is 5. The lowest BCUT2D eigenvalue weighted by molar-refractivity contribution is -0.173. The SMILES string of the molecule is COc1cccc(C2CC(C(F)(F)F)n3ncc(C(=O)NCc4ccc(Cl)cc4)c3N2)c1. The third kappa shape index (κ3) is 4.52. The van der Waals surface area contributed by atoms with Gasteiger partial charge in [-0.15, -0.1) is 0 Å². The van der Waals surface area contributed by atoms with Crippen LogP contribution in [0.25, 0.3) is 0 Å². The van der Waals surface area contributed by atoms with Gasteiger partial charge in [-0.2, -0.15) is 18.3 Å². The molecule has 168 valence electrons. The van der Waals surface area contributed by atoms with Gasteiger partial charge in [-0.05, 0) is 35.4 Å². The van der Waals surface area contributed by atoms with Gasteiger partial charge in [0, 0.05) is 18.0 Å². The first kappa shape index (κ1) is 22.0. The maximum absolute atomic E-state index is 13.8. The quantitative estimate of drug-likeness (QED) is 0.549. The molecule has 1 amide bonds. The molecule has 3 aromatic rings. The monoisotopic (exact) mass is 464 g/mol. The van der Waals surface area contributed by atoms with E-state index in [-0.39, 0.29) is 24.3 Å². The number of nitrogens with zero attached hydrogens (tertiary/aromatic N) is 2. The third-order valence-corrected chi connectivity index (χ3v) is 5.60. The molecular weight excluding hydrogens is 445 g/mol. The molecule has 2 heterocycles. The number of alkyl halides is 3. The Labute approximate surface area is 187 Å². The van der Waals surface area contributed by atoms with Gasteiger partial charge in [-0.3, -0.25) is 4.79 Å². The molecule has 2 N–H and O–H groups in total. The number of aromatic nitrogens is 2. The number of hydrogen-bond acceptors (Lipinski definition) is 4. The fourth-order valence-corrected chi connectivity index (χ4v) is 3.81. The maximum Gasteiger partial charge on any atom is 0.410 e. The van der Waals surface area contributed by atoms with Gasteiger partial charge >= 0.3 is 6.18 Å². The Morgan fingerprint density at radius 3 is 2.72 bits per heavy atom. The number of halogens is 4. The number of carbonyl (C=O) groups excluding carboxylic acids is 1. The molecule has 4 rings (SSSR count). The average molecular weight is 465 g/mol. The Bertz CT molecular complexity index is 1120. The topological polar surface area (TPSA) is 68.2 Å². The van der Waals surface area contributed by atoms with E-state index in [1.807, 2.05) is 0 Å². The van der Waals surface area contributed by atoms with Crippen LogP contribution in [-0.4, -0.2) is 29.0 Å². The first-order valence-electron chi connectivity index (χ1n) is 9.83. The van der Waals surface area contributed by atoms with Crippen LogP contribution >= 0.6 is 11.6 Å². The molecule has 0 aliphatic carbocycles. The second-order valence-corrected chi connectivity index (χ2v) is 7.86. The van der Waals surface area contributed by atoms with E-state index in [9.17, 15) is 18.0 Å². The summed E-state index contributed by atoms with van der Waals surface area (Å²) in [4.78, 5) is 12.8. The molecule has 1 aliphatic rings. The molecule has 6 nitrogen and oxygen atoms in total. The predicted molar refractivity (Wildman–Crippen MR) is 114 cm³/mol. The smallest absolute Gasteiger partial charge is 0.410 e. The Morgan fingerprint density at radius 1 is 1.28 bits per heavy atom. The van der Waals surface area contributed by atoms with Crippen LogP contribution in [0, 0.1) is 0 Å². The van der Waals surface area contributed by atoms with Crippen molar-refractivity contribution in [2.45, 2.75) is 31.2 Å². The lowest BCUT2D eigenvalue weighted by atomic mass is 9.96. The van der Waals surface area contributed by atoms with Crippen molar-refractivity contribution in [1.29, 1.82) is 0 Å². The first-order valence-corrected chi connectivity index (χ1v) is 10.2. The zero-order valence-electron chi connectivity index (χ0n) is 17.0. The normalized spacial score (nSPS) is 17.9. The highest BCUT2D eigenvalue weighted by Gasteiger charge is 2.47. The zero-order valence-corrected chi connectivity index (χ0v) is 17.7. The highest BCUT2D eigenvalue weighted by atomic mass is 35.5. The van der Waals surface area contributed by atoms with Crippen molar-refractivity contribution in [3.63, 3.8) is 0 Å². The minimum atomic E-state index is -4.53. The number of hydrogen-bond donors (Lipinski definition) is 2. The van der Waals surface area contributed by atoms with Crippen LogP contribution in [0.3, 0.4) is 0 Å². The van der Waals surface area contributed by atoms with Crippen LogP contribution in [0.4, 0.5) is 19.0 Å². The van der Waals surface area contributed by atoms with Crippen LogP contribution in [-0.2, 0) is 6.54 Å². The van der Waals surface area contributed by atoms with E-state index in [1.165, 1.54) is 7.11 Å². The Kier molecular flexibility index (Phi) is 6.01. The summed E-state index contributed by atoms with van der Waals surface area (Å²) in [5.74, 6) is 0.0359. The van der Waals surface area contributed by atoms with Crippen LogP contribution in [0.2, 0.25) is 5.02 Å². The van der Waals surface area contributed by atoms with Gasteiger partial charge in [0.15, 0.2) is 6.04 Å². The highest BCUT2D eigenvalue weighted by Crippen LogP contribution is 2.44. The number of methoxy groups -OCH3 is 1. The van der Waals surface area contributed by atoms with Crippen molar-refractivity contribution in [3.8, 4) is 5.75 Å². The van der Waals surface area contributed by atoms with Crippen LogP contribution in [0.15, 0.2) is 54.7 Å². The molecule has 2 unspecified atom stereocenters. The van der Waals surface area contributed by atoms with Crippen LogP contribution in [0.1, 0.15) is 40.0 Å². The molecule has 2 atom stereocenters. The van der Waals surface area contributed by atoms with E-state index >= 15 is 0 Å². The molecule has 0 fully saturated rings. The summed E-state index contributed by atoms with van der Waals surface area (Å²) in [7, 11) is 1.49. The predicted octanol–water partition coefficient (Wildman–Crippen LogP) is 5.14. The van der Waals surface area contributed by atoms with Crippen molar-refractivity contribution in [1.82, 2.24) is 15.1 Å². The number of amides is 1. The lowest BCUT2D eigenvalue weighted by Crippen LogP contribution is -2.36. The number of fused-ring (bicyclic) bond motifs is 1. The molecule has 0 bridgehead atoms. The number of benzene rings is 2. The summed E-state index contributed by atoms with van der Waals surface area (Å²) < 4.78 is 47.6. The second-order valence-electron chi connectivity index (χ2n) is 7.43. The molecule has 0 spiro atoms. The van der Waals surface area contributed by atoms with Crippen molar-refractivity contribution in [2.24, 2.45) is 0 Å². The molecule has 0 saturated carbocycles. The van der Waals surface area contributed by atoms with Crippen molar-refractivity contribution >= 4 is 23.3 Å². The highest BCUT2D eigenvalue weighted by molar-refractivity contribution is 6.30. The fraction of sp³-hybridized carbons (Fsp3) is 0.273. The number of nitrogens with one attached hydrogen (secondary N) is 2. The standard InChI is InChI=1S/C22H20ClF3N4O2/c1-32-16-4-2-3-14(9-16)18-10-19(22(24,25)26)30-20(29-18)17(12-28-30)21(31)27-11-13-5-7-15(23)8-6-13/h2-9,12,18-19,29H,10-11H2,1H3,(H,27,31). The molecule has 10 heteroatoms. The average Bonchev–Trinajstić information content (AvgIpc) is 3.21. The summed E-state index contributed by atoms with van der Waals surface area (Å²) in [6, 6.07) is 11.2. The van der Waals surface area contributed by atoms with Crippen molar-refractivity contribution in [2.75, 3.05) is 12.4 Å². The van der Waals surface area contributed by atoms with Gasteiger partial charge in [-0.1, -0.05) is 35.9 Å². The minimum absolute atomic E-state index is 0.0278. The number of carbonyl (C=O) groups is 1. The van der Waals surface area contributed by atoms with E-state index < -0.39 is 24.2 Å².